The molecule has 0 aliphatic carbocycles. The first-order valence-corrected chi connectivity index (χ1v) is 8.41. The molecule has 0 N–H and O–H groups in total. The van der Waals surface area contributed by atoms with Crippen molar-refractivity contribution in [2.24, 2.45) is 0 Å². The molecule has 1 aromatic heterocycles. The Bertz CT molecular complexity index is 892. The van der Waals surface area contributed by atoms with Crippen LogP contribution in [0.3, 0.4) is 0 Å². The van der Waals surface area contributed by atoms with E-state index in [9.17, 15) is 9.59 Å². The Labute approximate surface area is 159 Å². The van der Waals surface area contributed by atoms with E-state index in [2.05, 4.69) is 16.8 Å². The highest BCUT2D eigenvalue weighted by Crippen LogP contribution is 2.17. The Morgan fingerprint density at radius 2 is 1.74 bits per heavy atom. The van der Waals surface area contributed by atoms with E-state index in [1.165, 1.54) is 7.11 Å². The summed E-state index contributed by atoms with van der Waals surface area (Å²) < 4.78 is 9.94. The van der Waals surface area contributed by atoms with Gasteiger partial charge in [0.1, 0.15) is 11.9 Å². The molecular formula is C21H22N2O4. The summed E-state index contributed by atoms with van der Waals surface area (Å²) in [4.78, 5) is 29.6. The topological polar surface area (TPSA) is 68.7 Å². The largest absolute Gasteiger partial charge is 0.467 e. The number of aryl methyl sites for hydroxylation is 2. The monoisotopic (exact) mass is 366 g/mol. The van der Waals surface area contributed by atoms with Gasteiger partial charge in [-0.25, -0.2) is 9.59 Å². The van der Waals surface area contributed by atoms with Crippen molar-refractivity contribution in [1.82, 2.24) is 4.98 Å². The van der Waals surface area contributed by atoms with Gasteiger partial charge in [0, 0.05) is 24.6 Å². The molecule has 0 radical (unpaired) electrons. The van der Waals surface area contributed by atoms with Gasteiger partial charge in [-0.05, 0) is 38.0 Å². The van der Waals surface area contributed by atoms with Crippen LogP contribution in [-0.4, -0.2) is 37.1 Å². The highest BCUT2D eigenvalue weighted by atomic mass is 16.5. The van der Waals surface area contributed by atoms with Gasteiger partial charge in [0.2, 0.25) is 5.88 Å². The minimum atomic E-state index is -0.703. The van der Waals surface area contributed by atoms with E-state index < -0.39 is 12.0 Å². The van der Waals surface area contributed by atoms with Crippen LogP contribution in [0.25, 0.3) is 0 Å². The third-order valence-corrected chi connectivity index (χ3v) is 4.16. The van der Waals surface area contributed by atoms with Crippen LogP contribution in [0.1, 0.15) is 23.6 Å². The third-order valence-electron chi connectivity index (χ3n) is 4.16. The molecule has 0 saturated carbocycles. The first-order chi connectivity index (χ1) is 12.8. The van der Waals surface area contributed by atoms with Gasteiger partial charge >= 0.3 is 11.9 Å². The summed E-state index contributed by atoms with van der Waals surface area (Å²) in [5.41, 5.74) is 2.80. The number of pyridine rings is 1. The number of esters is 2. The Morgan fingerprint density at radius 1 is 1.11 bits per heavy atom. The molecule has 1 atom stereocenters. The Kier molecular flexibility index (Phi) is 6.56. The summed E-state index contributed by atoms with van der Waals surface area (Å²) >= 11 is 0. The van der Waals surface area contributed by atoms with Crippen molar-refractivity contribution in [1.29, 1.82) is 0 Å². The maximum absolute atomic E-state index is 12.1. The zero-order chi connectivity index (χ0) is 20.0. The standard InChI is InChI=1S/C21H22N2O4/c1-14-8-6-9-15(2)17(14)12-13-20(24)27-19-11-7-10-18(22-19)23(4)16(3)21(25)26-5/h6-11,16H,1-5H3. The molecule has 1 aromatic carbocycles. The fourth-order valence-corrected chi connectivity index (χ4v) is 2.43. The van der Waals surface area contributed by atoms with Gasteiger partial charge in [-0.2, -0.15) is 4.98 Å². The second-order valence-electron chi connectivity index (χ2n) is 6.05. The summed E-state index contributed by atoms with van der Waals surface area (Å²) in [6.07, 6.45) is 0. The second-order valence-corrected chi connectivity index (χ2v) is 6.05. The molecule has 0 spiro atoms. The molecule has 27 heavy (non-hydrogen) atoms. The predicted molar refractivity (Wildman–Crippen MR) is 103 cm³/mol. The fraction of sp³-hybridized carbons (Fsp3) is 0.286. The second kappa shape index (κ2) is 8.86. The van der Waals surface area contributed by atoms with Crippen molar-refractivity contribution in [3.05, 3.63) is 53.1 Å². The maximum atomic E-state index is 12.1. The molecule has 140 valence electrons. The van der Waals surface area contributed by atoms with Crippen molar-refractivity contribution in [3.63, 3.8) is 0 Å². The van der Waals surface area contributed by atoms with Crippen LogP contribution < -0.4 is 9.64 Å². The average Bonchev–Trinajstić information content (AvgIpc) is 2.66. The summed E-state index contributed by atoms with van der Waals surface area (Å²) in [7, 11) is 3.03. The van der Waals surface area contributed by atoms with Gasteiger partial charge in [0.25, 0.3) is 0 Å². The van der Waals surface area contributed by atoms with Crippen LogP contribution >= 0.6 is 0 Å². The van der Waals surface area contributed by atoms with Gasteiger partial charge in [0.15, 0.2) is 0 Å². The first-order valence-electron chi connectivity index (χ1n) is 8.41. The van der Waals surface area contributed by atoms with E-state index in [4.69, 9.17) is 9.47 Å². The quantitative estimate of drug-likeness (QED) is 0.612. The zero-order valence-corrected chi connectivity index (χ0v) is 16.1. The fourth-order valence-electron chi connectivity index (χ4n) is 2.43. The molecule has 0 amide bonds. The number of methoxy groups -OCH3 is 1. The molecule has 6 nitrogen and oxygen atoms in total. The maximum Gasteiger partial charge on any atom is 0.391 e. The van der Waals surface area contributed by atoms with Gasteiger partial charge < -0.3 is 14.4 Å². The number of nitrogens with zero attached hydrogens (tertiary/aromatic N) is 2. The number of aromatic nitrogens is 1. The van der Waals surface area contributed by atoms with Crippen LogP contribution in [0.15, 0.2) is 36.4 Å². The highest BCUT2D eigenvalue weighted by molar-refractivity contribution is 5.90. The Morgan fingerprint density at radius 3 is 2.37 bits per heavy atom. The van der Waals surface area contributed by atoms with Crippen LogP contribution in [0.2, 0.25) is 0 Å². The predicted octanol–water partition coefficient (Wildman–Crippen LogP) is 2.65. The van der Waals surface area contributed by atoms with Crippen molar-refractivity contribution in [2.45, 2.75) is 26.8 Å². The molecule has 1 heterocycles. The van der Waals surface area contributed by atoms with E-state index in [0.29, 0.717) is 5.82 Å². The number of anilines is 1. The van der Waals surface area contributed by atoms with E-state index >= 15 is 0 Å². The third kappa shape index (κ3) is 5.08. The van der Waals surface area contributed by atoms with Gasteiger partial charge in [-0.15, -0.1) is 0 Å². The molecule has 2 rings (SSSR count). The number of benzene rings is 1. The first kappa shape index (κ1) is 20.0. The number of likely N-dealkylation sites (N-methyl/N-ethyl adjacent to an activating group) is 1. The number of hydrogen-bond donors (Lipinski definition) is 0. The van der Waals surface area contributed by atoms with E-state index in [0.717, 1.165) is 16.7 Å². The number of ether oxygens (including phenoxy) is 2. The minimum Gasteiger partial charge on any atom is -0.467 e. The summed E-state index contributed by atoms with van der Waals surface area (Å²) in [5, 5.41) is 0. The average molecular weight is 366 g/mol. The van der Waals surface area contributed by atoms with Gasteiger partial charge in [-0.1, -0.05) is 30.2 Å². The lowest BCUT2D eigenvalue weighted by Gasteiger charge is -2.23. The lowest BCUT2D eigenvalue weighted by Crippen LogP contribution is -2.37. The van der Waals surface area contributed by atoms with Crippen LogP contribution in [0.4, 0.5) is 5.82 Å². The zero-order valence-electron chi connectivity index (χ0n) is 16.1. The smallest absolute Gasteiger partial charge is 0.391 e. The molecule has 6 heteroatoms. The van der Waals surface area contributed by atoms with Crippen molar-refractivity contribution >= 4 is 17.8 Å². The van der Waals surface area contributed by atoms with Gasteiger partial charge in [0.05, 0.1) is 7.11 Å². The van der Waals surface area contributed by atoms with Gasteiger partial charge in [-0.3, -0.25) is 0 Å². The van der Waals surface area contributed by atoms with Crippen LogP contribution in [0, 0.1) is 25.7 Å². The van der Waals surface area contributed by atoms with Crippen LogP contribution in [-0.2, 0) is 14.3 Å². The lowest BCUT2D eigenvalue weighted by atomic mass is 10.0. The summed E-state index contributed by atoms with van der Waals surface area (Å²) in [5.74, 6) is 4.84. The van der Waals surface area contributed by atoms with E-state index in [1.54, 1.807) is 37.1 Å². The summed E-state index contributed by atoms with van der Waals surface area (Å²) in [6.45, 7) is 5.57. The Balaban J connectivity index is 2.14. The SMILES string of the molecule is COC(=O)C(C)N(C)c1cccc(OC(=O)C#Cc2c(C)cccc2C)n1. The molecule has 0 fully saturated rings. The number of hydrogen-bond acceptors (Lipinski definition) is 6. The minimum absolute atomic E-state index is 0.109. The van der Waals surface area contributed by atoms with Crippen molar-refractivity contribution in [3.8, 4) is 17.7 Å². The lowest BCUT2D eigenvalue weighted by molar-refractivity contribution is -0.141. The molecule has 0 bridgehead atoms. The molecule has 0 saturated heterocycles. The van der Waals surface area contributed by atoms with Crippen molar-refractivity contribution in [2.75, 3.05) is 19.1 Å². The van der Waals surface area contributed by atoms with Crippen LogP contribution in [0.5, 0.6) is 5.88 Å². The summed E-state index contributed by atoms with van der Waals surface area (Å²) in [6, 6.07) is 10.2. The highest BCUT2D eigenvalue weighted by Gasteiger charge is 2.20. The van der Waals surface area contributed by atoms with E-state index in [-0.39, 0.29) is 11.8 Å². The number of carbonyl (C=O) groups is 2. The molecular weight excluding hydrogens is 344 g/mol. The molecule has 0 aliphatic heterocycles. The number of carbonyl (C=O) groups excluding carboxylic acids is 2. The Hall–Kier alpha value is -3.33. The normalized spacial score (nSPS) is 11.0. The molecule has 1 unspecified atom stereocenters. The van der Waals surface area contributed by atoms with Crippen molar-refractivity contribution < 1.29 is 19.1 Å². The van der Waals surface area contributed by atoms with E-state index in [1.807, 2.05) is 32.0 Å². The number of rotatable bonds is 4. The molecule has 2 aromatic rings. The molecule has 0 aliphatic rings.